The Morgan fingerprint density at radius 3 is 2.38 bits per heavy atom. The Hall–Kier alpha value is -3.24. The molecule has 0 radical (unpaired) electrons. The number of nitrogens with one attached hydrogen (secondary N) is 2. The molecule has 2 amide bonds. The lowest BCUT2D eigenvalue weighted by atomic mass is 10.2. The summed E-state index contributed by atoms with van der Waals surface area (Å²) >= 11 is 2.77. The molecule has 0 bridgehead atoms. The molecule has 0 atom stereocenters. The van der Waals surface area contributed by atoms with Gasteiger partial charge in [-0.05, 0) is 36.4 Å². The lowest BCUT2D eigenvalue weighted by molar-refractivity contribution is -0.113. The molecule has 2 N–H and O–H groups in total. The first kappa shape index (κ1) is 23.4. The van der Waals surface area contributed by atoms with Crippen LogP contribution in [0.15, 0.2) is 47.8 Å². The van der Waals surface area contributed by atoms with Crippen LogP contribution in [0.5, 0.6) is 17.2 Å². The second kappa shape index (κ2) is 11.4. The van der Waals surface area contributed by atoms with E-state index in [1.807, 2.05) is 5.38 Å². The van der Waals surface area contributed by atoms with Crippen LogP contribution in [0.25, 0.3) is 0 Å². The molecule has 0 saturated carbocycles. The fraction of sp³-hybridized carbons (Fsp3) is 0.227. The first-order chi connectivity index (χ1) is 15.5. The van der Waals surface area contributed by atoms with Gasteiger partial charge in [-0.2, -0.15) is 0 Å². The van der Waals surface area contributed by atoms with Crippen molar-refractivity contribution in [1.29, 1.82) is 0 Å². The van der Waals surface area contributed by atoms with Gasteiger partial charge in [0.1, 0.15) is 17.2 Å². The Morgan fingerprint density at radius 1 is 0.969 bits per heavy atom. The number of aromatic nitrogens is 1. The molecule has 3 aromatic rings. The molecule has 32 heavy (non-hydrogen) atoms. The number of ether oxygens (including phenoxy) is 3. The van der Waals surface area contributed by atoms with Crippen LogP contribution in [0.2, 0.25) is 0 Å². The highest BCUT2D eigenvalue weighted by Gasteiger charge is 2.15. The predicted octanol–water partition coefficient (Wildman–Crippen LogP) is 4.29. The van der Waals surface area contributed by atoms with Crippen molar-refractivity contribution in [3.05, 3.63) is 59.1 Å². The van der Waals surface area contributed by atoms with Crippen molar-refractivity contribution < 1.29 is 23.8 Å². The fourth-order valence-electron chi connectivity index (χ4n) is 2.70. The zero-order valence-corrected chi connectivity index (χ0v) is 19.5. The van der Waals surface area contributed by atoms with Gasteiger partial charge in [0.25, 0.3) is 5.91 Å². The van der Waals surface area contributed by atoms with Gasteiger partial charge in [-0.3, -0.25) is 14.9 Å². The molecule has 0 aliphatic rings. The van der Waals surface area contributed by atoms with E-state index in [1.54, 1.807) is 56.7 Å². The first-order valence-corrected chi connectivity index (χ1v) is 11.5. The smallest absolute Gasteiger partial charge is 0.261 e. The van der Waals surface area contributed by atoms with E-state index in [0.717, 1.165) is 11.4 Å². The molecular weight excluding hydrogens is 450 g/mol. The molecule has 2 aromatic carbocycles. The summed E-state index contributed by atoms with van der Waals surface area (Å²) in [5.41, 5.74) is 1.88. The largest absolute Gasteiger partial charge is 0.497 e. The molecule has 0 unspecified atom stereocenters. The van der Waals surface area contributed by atoms with Crippen LogP contribution in [0, 0.1) is 0 Å². The van der Waals surface area contributed by atoms with E-state index in [-0.39, 0.29) is 17.6 Å². The van der Waals surface area contributed by atoms with Crippen LogP contribution in [0.1, 0.15) is 16.1 Å². The molecule has 1 heterocycles. The Morgan fingerprint density at radius 2 is 1.69 bits per heavy atom. The molecule has 10 heteroatoms. The summed E-state index contributed by atoms with van der Waals surface area (Å²) in [6.45, 7) is 0. The maximum Gasteiger partial charge on any atom is 0.261 e. The van der Waals surface area contributed by atoms with Gasteiger partial charge >= 0.3 is 0 Å². The number of hydrogen-bond donors (Lipinski definition) is 2. The van der Waals surface area contributed by atoms with E-state index in [2.05, 4.69) is 15.6 Å². The molecule has 8 nitrogen and oxygen atoms in total. The van der Waals surface area contributed by atoms with E-state index < -0.39 is 0 Å². The van der Waals surface area contributed by atoms with Crippen molar-refractivity contribution in [2.45, 2.75) is 5.75 Å². The fourth-order valence-corrected chi connectivity index (χ4v) is 4.23. The van der Waals surface area contributed by atoms with Crippen molar-refractivity contribution in [3.8, 4) is 17.2 Å². The summed E-state index contributed by atoms with van der Waals surface area (Å²) in [6, 6.07) is 12.1. The Balaban J connectivity index is 1.48. The molecule has 0 spiro atoms. The van der Waals surface area contributed by atoms with Crippen LogP contribution in [-0.4, -0.2) is 43.9 Å². The quantitative estimate of drug-likeness (QED) is 0.453. The third kappa shape index (κ3) is 6.38. The van der Waals surface area contributed by atoms with Gasteiger partial charge in [-0.15, -0.1) is 23.1 Å². The maximum atomic E-state index is 12.6. The molecular formula is C22H23N3O5S2. The summed E-state index contributed by atoms with van der Waals surface area (Å²) in [6.07, 6.45) is 0. The topological polar surface area (TPSA) is 98.8 Å². The van der Waals surface area contributed by atoms with Crippen molar-refractivity contribution in [2.75, 3.05) is 37.7 Å². The number of benzene rings is 2. The molecule has 0 aliphatic carbocycles. The van der Waals surface area contributed by atoms with E-state index in [1.165, 1.54) is 30.2 Å². The van der Waals surface area contributed by atoms with Crippen LogP contribution in [0.4, 0.5) is 10.8 Å². The Kier molecular flexibility index (Phi) is 8.34. The number of hydrogen-bond acceptors (Lipinski definition) is 8. The molecule has 3 rings (SSSR count). The molecule has 0 fully saturated rings. The number of methoxy groups -OCH3 is 3. The zero-order valence-electron chi connectivity index (χ0n) is 17.8. The highest BCUT2D eigenvalue weighted by molar-refractivity contribution is 7.99. The monoisotopic (exact) mass is 473 g/mol. The van der Waals surface area contributed by atoms with Crippen LogP contribution < -0.4 is 24.8 Å². The standard InChI is InChI=1S/C22H23N3O5S2/c1-28-16-6-4-14(5-7-16)23-20(26)13-31-11-15-12-32-22(24-15)25-21(27)18-9-8-17(29-2)10-19(18)30-3/h4-10,12H,11,13H2,1-3H3,(H,23,26)(H,24,25,27). The SMILES string of the molecule is COc1ccc(NC(=O)CSCc2csc(NC(=O)c3ccc(OC)cc3OC)n2)cc1. The maximum absolute atomic E-state index is 12.6. The van der Waals surface area contributed by atoms with Gasteiger partial charge in [0.15, 0.2) is 5.13 Å². The average Bonchev–Trinajstić information content (AvgIpc) is 3.26. The Labute approximate surface area is 194 Å². The van der Waals surface area contributed by atoms with Gasteiger partial charge in [-0.1, -0.05) is 0 Å². The van der Waals surface area contributed by atoms with Crippen molar-refractivity contribution in [3.63, 3.8) is 0 Å². The second-order valence-corrected chi connectivity index (χ2v) is 8.28. The minimum atomic E-state index is -0.322. The summed E-state index contributed by atoms with van der Waals surface area (Å²) in [7, 11) is 4.64. The predicted molar refractivity (Wildman–Crippen MR) is 127 cm³/mol. The summed E-state index contributed by atoms with van der Waals surface area (Å²) in [4.78, 5) is 29.1. The van der Waals surface area contributed by atoms with Gasteiger partial charge in [0.2, 0.25) is 5.91 Å². The van der Waals surface area contributed by atoms with Crippen molar-refractivity contribution in [2.24, 2.45) is 0 Å². The Bertz CT molecular complexity index is 1070. The number of amides is 2. The number of rotatable bonds is 10. The molecule has 168 valence electrons. The minimum absolute atomic E-state index is 0.101. The third-order valence-corrected chi connectivity index (χ3v) is 6.06. The summed E-state index contributed by atoms with van der Waals surface area (Å²) < 4.78 is 15.5. The number of carbonyl (C=O) groups excluding carboxylic acids is 2. The van der Waals surface area contributed by atoms with E-state index in [0.29, 0.717) is 33.6 Å². The van der Waals surface area contributed by atoms with Gasteiger partial charge in [-0.25, -0.2) is 4.98 Å². The average molecular weight is 474 g/mol. The number of thiazole rings is 1. The number of nitrogens with zero attached hydrogens (tertiary/aromatic N) is 1. The first-order valence-electron chi connectivity index (χ1n) is 9.51. The van der Waals surface area contributed by atoms with Gasteiger partial charge < -0.3 is 19.5 Å². The third-order valence-electron chi connectivity index (χ3n) is 4.28. The lowest BCUT2D eigenvalue weighted by Gasteiger charge is -2.09. The number of thioether (sulfide) groups is 1. The van der Waals surface area contributed by atoms with Crippen LogP contribution in [-0.2, 0) is 10.5 Å². The van der Waals surface area contributed by atoms with E-state index in [4.69, 9.17) is 14.2 Å². The second-order valence-electron chi connectivity index (χ2n) is 6.43. The van der Waals surface area contributed by atoms with Crippen molar-refractivity contribution >= 4 is 45.7 Å². The van der Waals surface area contributed by atoms with Gasteiger partial charge in [0.05, 0.1) is 38.3 Å². The van der Waals surface area contributed by atoms with Crippen LogP contribution in [0.3, 0.4) is 0 Å². The van der Waals surface area contributed by atoms with Gasteiger partial charge in [0, 0.05) is 22.9 Å². The highest BCUT2D eigenvalue weighted by Crippen LogP contribution is 2.26. The molecule has 1 aromatic heterocycles. The molecule has 0 saturated heterocycles. The number of anilines is 2. The van der Waals surface area contributed by atoms with E-state index in [9.17, 15) is 9.59 Å². The van der Waals surface area contributed by atoms with Crippen molar-refractivity contribution in [1.82, 2.24) is 4.98 Å². The normalized spacial score (nSPS) is 10.3. The highest BCUT2D eigenvalue weighted by atomic mass is 32.2. The number of carbonyl (C=O) groups is 2. The van der Waals surface area contributed by atoms with E-state index >= 15 is 0 Å². The lowest BCUT2D eigenvalue weighted by Crippen LogP contribution is -2.14. The zero-order chi connectivity index (χ0) is 22.9. The summed E-state index contributed by atoms with van der Waals surface area (Å²) in [5.74, 6) is 2.16. The van der Waals surface area contributed by atoms with Crippen LogP contribution >= 0.6 is 23.1 Å². The summed E-state index contributed by atoms with van der Waals surface area (Å²) in [5, 5.41) is 7.95. The minimum Gasteiger partial charge on any atom is -0.497 e. The molecule has 0 aliphatic heterocycles.